The number of hydrogen-bond acceptors (Lipinski definition) is 7. The van der Waals surface area contributed by atoms with Gasteiger partial charge in [0, 0.05) is 24.2 Å². The number of thiazole rings is 1. The molecule has 0 saturated heterocycles. The number of hydrogen-bond donors (Lipinski definition) is 1. The van der Waals surface area contributed by atoms with Gasteiger partial charge in [-0.2, -0.15) is 0 Å². The molecular weight excluding hydrogens is 354 g/mol. The average molecular weight is 373 g/mol. The summed E-state index contributed by atoms with van der Waals surface area (Å²) in [7, 11) is 1.33. The van der Waals surface area contributed by atoms with Crippen LogP contribution in [0.4, 0.5) is 0 Å². The molecule has 0 radical (unpaired) electrons. The van der Waals surface area contributed by atoms with E-state index in [1.54, 1.807) is 18.5 Å². The summed E-state index contributed by atoms with van der Waals surface area (Å²) in [6.07, 6.45) is 1.68. The minimum absolute atomic E-state index is 0.0733. The highest BCUT2D eigenvalue weighted by Gasteiger charge is 2.35. The van der Waals surface area contributed by atoms with Crippen molar-refractivity contribution in [2.24, 2.45) is 0 Å². The summed E-state index contributed by atoms with van der Waals surface area (Å²) in [5, 5.41) is 4.91. The summed E-state index contributed by atoms with van der Waals surface area (Å²) in [5.41, 5.74) is -0.701. The van der Waals surface area contributed by atoms with Crippen molar-refractivity contribution in [1.29, 1.82) is 0 Å². The third kappa shape index (κ3) is 3.92. The van der Waals surface area contributed by atoms with Crippen LogP contribution in [0, 0.1) is 0 Å². The number of nitrogens with one attached hydrogen (secondary N) is 1. The molecule has 0 bridgehead atoms. The van der Waals surface area contributed by atoms with Crippen LogP contribution in [-0.2, 0) is 16.1 Å². The van der Waals surface area contributed by atoms with E-state index in [0.29, 0.717) is 16.4 Å². The molecule has 26 heavy (non-hydrogen) atoms. The zero-order valence-electron chi connectivity index (χ0n) is 14.5. The van der Waals surface area contributed by atoms with Gasteiger partial charge in [-0.3, -0.25) is 14.5 Å². The van der Waals surface area contributed by atoms with Crippen molar-refractivity contribution < 1.29 is 14.3 Å². The Balaban J connectivity index is 1.74. The Bertz CT molecular complexity index is 954. The van der Waals surface area contributed by atoms with Crippen LogP contribution in [0.15, 0.2) is 52.8 Å². The van der Waals surface area contributed by atoms with E-state index in [2.05, 4.69) is 10.3 Å². The summed E-state index contributed by atoms with van der Waals surface area (Å²) in [4.78, 5) is 29.4. The minimum atomic E-state index is -1.09. The van der Waals surface area contributed by atoms with Gasteiger partial charge in [0.2, 0.25) is 0 Å². The molecule has 1 aromatic carbocycles. The number of carbonyl (C=O) groups excluding carboxylic acids is 1. The Morgan fingerprint density at radius 2 is 2.12 bits per heavy atom. The van der Waals surface area contributed by atoms with E-state index in [-0.39, 0.29) is 18.7 Å². The Morgan fingerprint density at radius 1 is 1.35 bits per heavy atom. The molecule has 1 unspecified atom stereocenters. The molecule has 8 heteroatoms. The lowest BCUT2D eigenvalue weighted by Crippen LogP contribution is -2.54. The molecule has 0 spiro atoms. The molecule has 0 fully saturated rings. The number of ether oxygens (including phenoxy) is 2. The van der Waals surface area contributed by atoms with Gasteiger partial charge in [0.05, 0.1) is 12.8 Å². The summed E-state index contributed by atoms with van der Waals surface area (Å²) >= 11 is 1.38. The van der Waals surface area contributed by atoms with Gasteiger partial charge in [0.25, 0.3) is 5.56 Å². The summed E-state index contributed by atoms with van der Waals surface area (Å²) in [5.74, 6) is 0.197. The first kappa shape index (κ1) is 18.1. The lowest BCUT2D eigenvalue weighted by atomic mass is 10.0. The van der Waals surface area contributed by atoms with Gasteiger partial charge < -0.3 is 9.47 Å². The number of fused-ring (bicyclic) bond motifs is 1. The normalized spacial score (nSPS) is 13.3. The van der Waals surface area contributed by atoms with Crippen LogP contribution in [-0.4, -0.2) is 34.6 Å². The minimum Gasteiger partial charge on any atom is -0.491 e. The molecule has 3 aromatic rings. The first-order valence-electron chi connectivity index (χ1n) is 7.99. The molecule has 3 rings (SSSR count). The fraction of sp³-hybridized carbons (Fsp3) is 0.278. The standard InChI is InChI=1S/C18H19N3O4S/c1-18(16(23)24-2,12-25-14-6-4-3-5-7-14)19-11-13-10-15(22)21-8-9-26-17(21)20-13/h3-10,19H,11-12H2,1-2H3. The fourth-order valence-electron chi connectivity index (χ4n) is 2.42. The average Bonchev–Trinajstić information content (AvgIpc) is 3.14. The maximum Gasteiger partial charge on any atom is 0.329 e. The number of methoxy groups -OCH3 is 1. The quantitative estimate of drug-likeness (QED) is 0.637. The van der Waals surface area contributed by atoms with Crippen LogP contribution >= 0.6 is 11.3 Å². The van der Waals surface area contributed by atoms with Gasteiger partial charge >= 0.3 is 5.97 Å². The molecule has 1 N–H and O–H groups in total. The van der Waals surface area contributed by atoms with Crippen LogP contribution < -0.4 is 15.6 Å². The van der Waals surface area contributed by atoms with Gasteiger partial charge in [-0.15, -0.1) is 11.3 Å². The molecule has 0 aliphatic carbocycles. The van der Waals surface area contributed by atoms with Crippen LogP contribution in [0.3, 0.4) is 0 Å². The monoisotopic (exact) mass is 373 g/mol. The van der Waals surface area contributed by atoms with E-state index >= 15 is 0 Å². The summed E-state index contributed by atoms with van der Waals surface area (Å²) < 4.78 is 12.1. The van der Waals surface area contributed by atoms with Crippen molar-refractivity contribution in [3.8, 4) is 5.75 Å². The van der Waals surface area contributed by atoms with Crippen LogP contribution in [0.5, 0.6) is 5.75 Å². The lowest BCUT2D eigenvalue weighted by molar-refractivity contribution is -0.149. The highest BCUT2D eigenvalue weighted by molar-refractivity contribution is 7.15. The molecule has 136 valence electrons. The maximum atomic E-state index is 12.3. The second kappa shape index (κ2) is 7.67. The van der Waals surface area contributed by atoms with E-state index in [1.165, 1.54) is 28.9 Å². The van der Waals surface area contributed by atoms with Crippen LogP contribution in [0.2, 0.25) is 0 Å². The molecule has 0 amide bonds. The fourth-order valence-corrected chi connectivity index (χ4v) is 3.15. The molecule has 0 aliphatic rings. The summed E-state index contributed by atoms with van der Waals surface area (Å²) in [6, 6.07) is 10.7. The van der Waals surface area contributed by atoms with Crippen molar-refractivity contribution in [2.75, 3.05) is 13.7 Å². The number of nitrogens with zero attached hydrogens (tertiary/aromatic N) is 2. The highest BCUT2D eigenvalue weighted by Crippen LogP contribution is 2.14. The van der Waals surface area contributed by atoms with E-state index in [4.69, 9.17) is 9.47 Å². The molecule has 0 saturated carbocycles. The van der Waals surface area contributed by atoms with Crippen molar-refractivity contribution in [3.05, 3.63) is 64.0 Å². The number of esters is 1. The number of rotatable bonds is 7. The van der Waals surface area contributed by atoms with Crippen molar-refractivity contribution in [1.82, 2.24) is 14.7 Å². The predicted molar refractivity (Wildman–Crippen MR) is 98.5 cm³/mol. The van der Waals surface area contributed by atoms with Crippen molar-refractivity contribution in [2.45, 2.75) is 19.0 Å². The Kier molecular flexibility index (Phi) is 5.34. The Hall–Kier alpha value is -2.71. The number of carbonyl (C=O) groups is 1. The SMILES string of the molecule is COC(=O)C(C)(COc1ccccc1)NCc1cc(=O)n2ccsc2n1. The Labute approximate surface area is 154 Å². The van der Waals surface area contributed by atoms with Gasteiger partial charge in [-0.05, 0) is 19.1 Å². The number of para-hydroxylation sites is 1. The summed E-state index contributed by atoms with van der Waals surface area (Å²) in [6.45, 7) is 2.00. The Morgan fingerprint density at radius 3 is 2.85 bits per heavy atom. The molecular formula is C18H19N3O4S. The molecule has 1 atom stereocenters. The highest BCUT2D eigenvalue weighted by atomic mass is 32.1. The zero-order chi connectivity index (χ0) is 18.6. The molecule has 2 aromatic heterocycles. The third-order valence-electron chi connectivity index (χ3n) is 3.92. The third-order valence-corrected chi connectivity index (χ3v) is 4.68. The van der Waals surface area contributed by atoms with E-state index in [0.717, 1.165) is 0 Å². The maximum absolute atomic E-state index is 12.3. The largest absolute Gasteiger partial charge is 0.491 e. The number of benzene rings is 1. The van der Waals surface area contributed by atoms with Gasteiger partial charge in [-0.25, -0.2) is 9.78 Å². The van der Waals surface area contributed by atoms with Crippen LogP contribution in [0.1, 0.15) is 12.6 Å². The topological polar surface area (TPSA) is 81.9 Å². The second-order valence-corrected chi connectivity index (χ2v) is 6.79. The van der Waals surface area contributed by atoms with E-state index in [9.17, 15) is 9.59 Å². The molecule has 2 heterocycles. The second-order valence-electron chi connectivity index (χ2n) is 5.92. The smallest absolute Gasteiger partial charge is 0.329 e. The van der Waals surface area contributed by atoms with Gasteiger partial charge in [-0.1, -0.05) is 18.2 Å². The number of aromatic nitrogens is 2. The van der Waals surface area contributed by atoms with Crippen molar-refractivity contribution in [3.63, 3.8) is 0 Å². The first-order valence-corrected chi connectivity index (χ1v) is 8.87. The molecule has 7 nitrogen and oxygen atoms in total. The molecule has 0 aliphatic heterocycles. The van der Waals surface area contributed by atoms with Crippen LogP contribution in [0.25, 0.3) is 4.96 Å². The van der Waals surface area contributed by atoms with Crippen molar-refractivity contribution >= 4 is 22.3 Å². The van der Waals surface area contributed by atoms with E-state index < -0.39 is 11.5 Å². The van der Waals surface area contributed by atoms with E-state index in [1.807, 2.05) is 30.3 Å². The lowest BCUT2D eigenvalue weighted by Gasteiger charge is -2.27. The first-order chi connectivity index (χ1) is 12.5. The zero-order valence-corrected chi connectivity index (χ0v) is 15.3. The van der Waals surface area contributed by atoms with Gasteiger partial charge in [0.15, 0.2) is 4.96 Å². The predicted octanol–water partition coefficient (Wildman–Crippen LogP) is 1.86. The van der Waals surface area contributed by atoms with Gasteiger partial charge in [0.1, 0.15) is 17.9 Å².